The van der Waals surface area contributed by atoms with E-state index < -0.39 is 0 Å². The molecule has 1 amide bonds. The predicted molar refractivity (Wildman–Crippen MR) is 94.7 cm³/mol. The zero-order valence-corrected chi connectivity index (χ0v) is 15.0. The van der Waals surface area contributed by atoms with E-state index in [1.54, 1.807) is 4.90 Å². The highest BCUT2D eigenvalue weighted by molar-refractivity contribution is 5.94. The Balaban J connectivity index is 1.69. The summed E-state index contributed by atoms with van der Waals surface area (Å²) in [5.41, 5.74) is 0.481. The number of hydrogen-bond acceptors (Lipinski definition) is 3. The van der Waals surface area contributed by atoms with Gasteiger partial charge in [-0.15, -0.1) is 0 Å². The summed E-state index contributed by atoms with van der Waals surface area (Å²) in [5, 5.41) is 0. The molecule has 1 aromatic carbocycles. The van der Waals surface area contributed by atoms with E-state index in [4.69, 9.17) is 4.74 Å². The largest absolute Gasteiger partial charge is 0.465 e. The number of nitrogens with zero attached hydrogens (tertiary/aromatic N) is 1. The number of likely N-dealkylation sites (tertiary alicyclic amines) is 1. The zero-order chi connectivity index (χ0) is 18.1. The first kappa shape index (κ1) is 19.4. The third kappa shape index (κ3) is 6.15. The Hall–Kier alpha value is -1.91. The van der Waals surface area contributed by atoms with Gasteiger partial charge in [0, 0.05) is 18.7 Å². The molecule has 1 aliphatic heterocycles. The molecule has 0 atom stereocenters. The maximum Gasteiger partial charge on any atom is 0.309 e. The first-order valence-corrected chi connectivity index (χ1v) is 9.33. The second-order valence-electron chi connectivity index (χ2n) is 6.66. The van der Waals surface area contributed by atoms with Gasteiger partial charge in [-0.2, -0.15) is 0 Å². The molecule has 0 unspecified atom stereocenters. The Labute approximate surface area is 149 Å². The number of carbonyl (C=O) groups is 2. The van der Waals surface area contributed by atoms with Crippen molar-refractivity contribution in [3.05, 3.63) is 35.6 Å². The van der Waals surface area contributed by atoms with Gasteiger partial charge in [-0.25, -0.2) is 4.39 Å². The van der Waals surface area contributed by atoms with Gasteiger partial charge in [0.15, 0.2) is 0 Å². The monoisotopic (exact) mass is 349 g/mol. The second kappa shape index (κ2) is 10.2. The summed E-state index contributed by atoms with van der Waals surface area (Å²) in [6.45, 7) is 3.74. The van der Waals surface area contributed by atoms with Crippen molar-refractivity contribution in [1.29, 1.82) is 0 Å². The third-order valence-corrected chi connectivity index (χ3v) is 4.70. The molecule has 1 heterocycles. The minimum atomic E-state index is -0.354. The molecule has 0 N–H and O–H groups in total. The standard InChI is InChI=1S/C20H28FNO3/c1-2-3-4-5-6-15-25-20(24)17-11-13-22(14-12-17)19(23)16-7-9-18(21)10-8-16/h7-10,17H,2-6,11-15H2,1H3. The maximum absolute atomic E-state index is 12.9. The number of ether oxygens (including phenoxy) is 1. The molecule has 4 nitrogen and oxygen atoms in total. The molecule has 2 rings (SSSR count). The molecule has 0 aliphatic carbocycles. The van der Waals surface area contributed by atoms with Gasteiger partial charge < -0.3 is 9.64 Å². The van der Waals surface area contributed by atoms with Gasteiger partial charge >= 0.3 is 5.97 Å². The van der Waals surface area contributed by atoms with Crippen LogP contribution < -0.4 is 0 Å². The van der Waals surface area contributed by atoms with Crippen LogP contribution in [0.5, 0.6) is 0 Å². The van der Waals surface area contributed by atoms with E-state index in [1.165, 1.54) is 43.5 Å². The van der Waals surface area contributed by atoms with Crippen molar-refractivity contribution in [3.8, 4) is 0 Å². The number of unbranched alkanes of at least 4 members (excludes halogenated alkanes) is 4. The van der Waals surface area contributed by atoms with Crippen molar-refractivity contribution in [3.63, 3.8) is 0 Å². The second-order valence-corrected chi connectivity index (χ2v) is 6.66. The fourth-order valence-corrected chi connectivity index (χ4v) is 3.09. The highest BCUT2D eigenvalue weighted by Crippen LogP contribution is 2.20. The average molecular weight is 349 g/mol. The van der Waals surface area contributed by atoms with Crippen LogP contribution in [0.4, 0.5) is 4.39 Å². The normalized spacial score (nSPS) is 15.2. The number of esters is 1. The van der Waals surface area contributed by atoms with Gasteiger partial charge in [0.05, 0.1) is 12.5 Å². The first-order valence-electron chi connectivity index (χ1n) is 9.33. The van der Waals surface area contributed by atoms with Crippen molar-refractivity contribution < 1.29 is 18.7 Å². The molecule has 1 aromatic rings. The number of amides is 1. The van der Waals surface area contributed by atoms with Crippen LogP contribution >= 0.6 is 0 Å². The van der Waals surface area contributed by atoms with Gasteiger partial charge in [0.2, 0.25) is 0 Å². The number of hydrogen-bond donors (Lipinski definition) is 0. The number of rotatable bonds is 8. The van der Waals surface area contributed by atoms with E-state index >= 15 is 0 Å². The summed E-state index contributed by atoms with van der Waals surface area (Å²) >= 11 is 0. The van der Waals surface area contributed by atoms with Crippen LogP contribution in [-0.4, -0.2) is 36.5 Å². The molecule has 25 heavy (non-hydrogen) atoms. The highest BCUT2D eigenvalue weighted by atomic mass is 19.1. The molecule has 138 valence electrons. The van der Waals surface area contributed by atoms with Crippen LogP contribution in [0.25, 0.3) is 0 Å². The SMILES string of the molecule is CCCCCCCOC(=O)C1CCN(C(=O)c2ccc(F)cc2)CC1. The molecule has 0 saturated carbocycles. The Morgan fingerprint density at radius 1 is 1.08 bits per heavy atom. The van der Waals surface area contributed by atoms with Crippen LogP contribution in [0.1, 0.15) is 62.2 Å². The van der Waals surface area contributed by atoms with Gasteiger partial charge in [-0.3, -0.25) is 9.59 Å². The Bertz CT molecular complexity index is 551. The topological polar surface area (TPSA) is 46.6 Å². The molecule has 0 bridgehead atoms. The van der Waals surface area contributed by atoms with E-state index in [1.807, 2.05) is 0 Å². The lowest BCUT2D eigenvalue weighted by atomic mass is 9.96. The van der Waals surface area contributed by atoms with Gasteiger partial charge in [0.25, 0.3) is 5.91 Å². The molecule has 0 spiro atoms. The lowest BCUT2D eigenvalue weighted by Gasteiger charge is -2.31. The van der Waals surface area contributed by atoms with E-state index in [0.29, 0.717) is 38.1 Å². The van der Waals surface area contributed by atoms with Crippen molar-refractivity contribution >= 4 is 11.9 Å². The summed E-state index contributed by atoms with van der Waals surface area (Å²) in [5.74, 6) is -0.715. The van der Waals surface area contributed by atoms with Crippen LogP contribution in [0.2, 0.25) is 0 Å². The van der Waals surface area contributed by atoms with Gasteiger partial charge in [0.1, 0.15) is 5.82 Å². The number of piperidine rings is 1. The fraction of sp³-hybridized carbons (Fsp3) is 0.600. The van der Waals surface area contributed by atoms with Crippen molar-refractivity contribution in [2.75, 3.05) is 19.7 Å². The van der Waals surface area contributed by atoms with Crippen LogP contribution in [-0.2, 0) is 9.53 Å². The number of halogens is 1. The molecular weight excluding hydrogens is 321 g/mol. The van der Waals surface area contributed by atoms with E-state index in [2.05, 4.69) is 6.92 Å². The lowest BCUT2D eigenvalue weighted by Crippen LogP contribution is -2.40. The molecule has 0 radical (unpaired) electrons. The molecule has 1 saturated heterocycles. The summed E-state index contributed by atoms with van der Waals surface area (Å²) in [7, 11) is 0. The van der Waals surface area contributed by atoms with Crippen LogP contribution in [0.3, 0.4) is 0 Å². The quantitative estimate of drug-likeness (QED) is 0.522. The summed E-state index contributed by atoms with van der Waals surface area (Å²) in [6, 6.07) is 5.57. The van der Waals surface area contributed by atoms with E-state index in [0.717, 1.165) is 12.8 Å². The molecule has 0 aromatic heterocycles. The maximum atomic E-state index is 12.9. The minimum Gasteiger partial charge on any atom is -0.465 e. The van der Waals surface area contributed by atoms with Crippen LogP contribution in [0, 0.1) is 11.7 Å². The fourth-order valence-electron chi connectivity index (χ4n) is 3.09. The van der Waals surface area contributed by atoms with Crippen molar-refractivity contribution in [2.24, 2.45) is 5.92 Å². The van der Waals surface area contributed by atoms with Gasteiger partial charge in [-0.1, -0.05) is 32.6 Å². The van der Waals surface area contributed by atoms with Crippen molar-refractivity contribution in [1.82, 2.24) is 4.90 Å². The van der Waals surface area contributed by atoms with Crippen LogP contribution in [0.15, 0.2) is 24.3 Å². The Morgan fingerprint density at radius 2 is 1.72 bits per heavy atom. The third-order valence-electron chi connectivity index (χ3n) is 4.70. The predicted octanol–water partition coefficient (Wildman–Crippen LogP) is 4.19. The van der Waals surface area contributed by atoms with Gasteiger partial charge in [-0.05, 0) is 43.5 Å². The minimum absolute atomic E-state index is 0.109. The van der Waals surface area contributed by atoms with Crippen molar-refractivity contribution in [2.45, 2.75) is 51.9 Å². The Morgan fingerprint density at radius 3 is 2.36 bits per heavy atom. The zero-order valence-electron chi connectivity index (χ0n) is 15.0. The number of benzene rings is 1. The highest BCUT2D eigenvalue weighted by Gasteiger charge is 2.28. The van der Waals surface area contributed by atoms with E-state index in [-0.39, 0.29) is 23.6 Å². The lowest BCUT2D eigenvalue weighted by molar-refractivity contribution is -0.150. The molecule has 5 heteroatoms. The number of carbonyl (C=O) groups excluding carboxylic acids is 2. The molecular formula is C20H28FNO3. The molecule has 1 fully saturated rings. The smallest absolute Gasteiger partial charge is 0.309 e. The summed E-state index contributed by atoms with van der Waals surface area (Å²) in [6.07, 6.45) is 6.91. The Kier molecular flexibility index (Phi) is 7.89. The summed E-state index contributed by atoms with van der Waals surface area (Å²) in [4.78, 5) is 26.2. The molecule has 1 aliphatic rings. The summed E-state index contributed by atoms with van der Waals surface area (Å²) < 4.78 is 18.3. The first-order chi connectivity index (χ1) is 12.1. The average Bonchev–Trinajstić information content (AvgIpc) is 2.64. The van der Waals surface area contributed by atoms with E-state index in [9.17, 15) is 14.0 Å².